The zero-order valence-corrected chi connectivity index (χ0v) is 14.1. The quantitative estimate of drug-likeness (QED) is 0.789. The Morgan fingerprint density at radius 1 is 1.35 bits per heavy atom. The van der Waals surface area contributed by atoms with Crippen LogP contribution in [0.2, 0.25) is 5.02 Å². The second-order valence-electron chi connectivity index (χ2n) is 5.11. The summed E-state index contributed by atoms with van der Waals surface area (Å²) in [4.78, 5) is 13.9. The first-order valence-corrected chi connectivity index (χ1v) is 8.72. The van der Waals surface area contributed by atoms with Gasteiger partial charge in [-0.3, -0.25) is 4.79 Å². The summed E-state index contributed by atoms with van der Waals surface area (Å²) in [6.45, 7) is 5.80. The van der Waals surface area contributed by atoms with Gasteiger partial charge in [0.05, 0.1) is 15.5 Å². The van der Waals surface area contributed by atoms with Crippen molar-refractivity contribution >= 4 is 37.2 Å². The molecule has 0 saturated heterocycles. The van der Waals surface area contributed by atoms with E-state index in [-0.39, 0.29) is 26.9 Å². The van der Waals surface area contributed by atoms with E-state index in [1.54, 1.807) is 11.9 Å². The second-order valence-corrected chi connectivity index (χ2v) is 8.08. The van der Waals surface area contributed by atoms with Gasteiger partial charge in [0.15, 0.2) is 0 Å². The number of halogens is 2. The molecule has 0 saturated carbocycles. The lowest BCUT2D eigenvalue weighted by atomic mass is 9.99. The van der Waals surface area contributed by atoms with E-state index in [0.29, 0.717) is 0 Å². The highest BCUT2D eigenvalue weighted by atomic mass is 35.7. The molecule has 7 heteroatoms. The summed E-state index contributed by atoms with van der Waals surface area (Å²) < 4.78 is 22.7. The van der Waals surface area contributed by atoms with Crippen LogP contribution in [0.1, 0.15) is 37.6 Å². The molecule has 0 aromatic heterocycles. The molecule has 0 spiro atoms. The van der Waals surface area contributed by atoms with Gasteiger partial charge in [-0.1, -0.05) is 18.5 Å². The summed E-state index contributed by atoms with van der Waals surface area (Å²) >= 11 is 5.99. The Bertz CT molecular complexity index is 627. The van der Waals surface area contributed by atoms with Crippen LogP contribution in [-0.2, 0) is 9.05 Å². The van der Waals surface area contributed by atoms with Gasteiger partial charge in [-0.05, 0) is 38.5 Å². The Hall–Kier alpha value is -0.780. The van der Waals surface area contributed by atoms with Gasteiger partial charge in [0.25, 0.3) is 15.0 Å². The number of amides is 1. The van der Waals surface area contributed by atoms with E-state index >= 15 is 0 Å². The molecule has 0 bridgehead atoms. The molecule has 0 aliphatic rings. The van der Waals surface area contributed by atoms with E-state index in [1.165, 1.54) is 18.2 Å². The van der Waals surface area contributed by atoms with Gasteiger partial charge in [0.1, 0.15) is 0 Å². The van der Waals surface area contributed by atoms with Crippen molar-refractivity contribution in [3.8, 4) is 0 Å². The van der Waals surface area contributed by atoms with Crippen LogP contribution in [0.3, 0.4) is 0 Å². The molecule has 0 radical (unpaired) electrons. The van der Waals surface area contributed by atoms with E-state index in [2.05, 4.69) is 0 Å². The van der Waals surface area contributed by atoms with Gasteiger partial charge in [0.2, 0.25) is 0 Å². The lowest BCUT2D eigenvalue weighted by molar-refractivity contribution is 0.0620. The third-order valence-corrected chi connectivity index (χ3v) is 5.21. The van der Waals surface area contributed by atoms with Crippen LogP contribution in [0.5, 0.6) is 0 Å². The minimum atomic E-state index is -3.90. The Morgan fingerprint density at radius 2 is 1.90 bits per heavy atom. The Balaban J connectivity index is 3.30. The predicted octanol–water partition coefficient (Wildman–Crippen LogP) is 3.53. The topological polar surface area (TPSA) is 54.5 Å². The van der Waals surface area contributed by atoms with Gasteiger partial charge in [-0.2, -0.15) is 0 Å². The maximum Gasteiger partial charge on any atom is 0.261 e. The lowest BCUT2D eigenvalue weighted by Crippen LogP contribution is -2.44. The molecule has 1 aromatic rings. The molecule has 0 heterocycles. The van der Waals surface area contributed by atoms with E-state index in [4.69, 9.17) is 22.3 Å². The van der Waals surface area contributed by atoms with Crippen LogP contribution in [-0.4, -0.2) is 31.8 Å². The van der Waals surface area contributed by atoms with Crippen LogP contribution in [0.25, 0.3) is 0 Å². The van der Waals surface area contributed by atoms with Gasteiger partial charge in [-0.15, -0.1) is 0 Å². The normalized spacial score (nSPS) is 12.3. The van der Waals surface area contributed by atoms with Crippen molar-refractivity contribution in [1.82, 2.24) is 4.90 Å². The predicted molar refractivity (Wildman–Crippen MR) is 81.0 cm³/mol. The first kappa shape index (κ1) is 17.3. The Kier molecular flexibility index (Phi) is 5.11. The summed E-state index contributed by atoms with van der Waals surface area (Å²) in [6, 6.07) is 3.83. The van der Waals surface area contributed by atoms with Crippen molar-refractivity contribution in [2.75, 3.05) is 7.05 Å². The number of carbonyl (C=O) groups is 1. The summed E-state index contributed by atoms with van der Waals surface area (Å²) in [6.07, 6.45) is 0.750. The monoisotopic (exact) mass is 337 g/mol. The molecule has 0 atom stereocenters. The highest BCUT2D eigenvalue weighted by molar-refractivity contribution is 8.13. The number of hydrogen-bond acceptors (Lipinski definition) is 3. The molecule has 112 valence electrons. The SMILES string of the molecule is CCC(C)(C)N(C)C(=O)c1cc(S(=O)(=O)Cl)ccc1Cl. The molecule has 0 N–H and O–H groups in total. The molecule has 0 unspecified atom stereocenters. The van der Waals surface area contributed by atoms with Crippen LogP contribution in [0.4, 0.5) is 0 Å². The van der Waals surface area contributed by atoms with Crippen LogP contribution in [0, 0.1) is 0 Å². The maximum absolute atomic E-state index is 12.5. The van der Waals surface area contributed by atoms with Crippen molar-refractivity contribution in [3.05, 3.63) is 28.8 Å². The number of rotatable bonds is 4. The van der Waals surface area contributed by atoms with E-state index < -0.39 is 9.05 Å². The smallest absolute Gasteiger partial charge is 0.261 e. The second kappa shape index (κ2) is 5.92. The number of benzene rings is 1. The number of nitrogens with zero attached hydrogens (tertiary/aromatic N) is 1. The molecular formula is C13H17Cl2NO3S. The third kappa shape index (κ3) is 3.65. The van der Waals surface area contributed by atoms with Crippen LogP contribution < -0.4 is 0 Å². The fraction of sp³-hybridized carbons (Fsp3) is 0.462. The molecule has 1 aromatic carbocycles. The molecule has 20 heavy (non-hydrogen) atoms. The molecule has 0 aliphatic heterocycles. The first-order valence-electron chi connectivity index (χ1n) is 6.03. The third-order valence-electron chi connectivity index (χ3n) is 3.53. The van der Waals surface area contributed by atoms with Gasteiger partial charge >= 0.3 is 0 Å². The molecule has 1 amide bonds. The largest absolute Gasteiger partial charge is 0.337 e. The van der Waals surface area contributed by atoms with Crippen molar-refractivity contribution in [2.24, 2.45) is 0 Å². The summed E-state index contributed by atoms with van der Waals surface area (Å²) in [5.41, 5.74) is -0.242. The van der Waals surface area contributed by atoms with Gasteiger partial charge in [0, 0.05) is 23.3 Å². The van der Waals surface area contributed by atoms with Crippen LogP contribution >= 0.6 is 22.3 Å². The zero-order valence-electron chi connectivity index (χ0n) is 11.8. The average molecular weight is 338 g/mol. The Labute approximate surface area is 129 Å². The standard InChI is InChI=1S/C13H17Cl2NO3S/c1-5-13(2,3)16(4)12(17)10-8-9(20(15,18)19)6-7-11(10)14/h6-8H,5H2,1-4H3. The minimum Gasteiger partial charge on any atom is -0.337 e. The summed E-state index contributed by atoms with van der Waals surface area (Å²) in [5.74, 6) is -0.344. The van der Waals surface area contributed by atoms with Crippen molar-refractivity contribution in [1.29, 1.82) is 0 Å². The average Bonchev–Trinajstić information content (AvgIpc) is 2.36. The fourth-order valence-corrected chi connectivity index (χ4v) is 2.49. The molecule has 4 nitrogen and oxygen atoms in total. The maximum atomic E-state index is 12.5. The molecular weight excluding hydrogens is 321 g/mol. The minimum absolute atomic E-state index is 0.123. The molecule has 0 aliphatic carbocycles. The fourth-order valence-electron chi connectivity index (χ4n) is 1.51. The molecule has 1 rings (SSSR count). The van der Waals surface area contributed by atoms with E-state index in [1.807, 2.05) is 20.8 Å². The number of hydrogen-bond donors (Lipinski definition) is 0. The lowest BCUT2D eigenvalue weighted by Gasteiger charge is -2.35. The first-order chi connectivity index (χ1) is 9.00. The zero-order chi connectivity index (χ0) is 15.7. The highest BCUT2D eigenvalue weighted by Gasteiger charge is 2.28. The highest BCUT2D eigenvalue weighted by Crippen LogP contribution is 2.26. The summed E-state index contributed by atoms with van der Waals surface area (Å²) in [5, 5.41) is 0.192. The Morgan fingerprint density at radius 3 is 2.35 bits per heavy atom. The van der Waals surface area contributed by atoms with Gasteiger partial charge in [-0.25, -0.2) is 8.42 Å². The summed E-state index contributed by atoms with van der Waals surface area (Å²) in [7, 11) is 3.05. The van der Waals surface area contributed by atoms with Gasteiger partial charge < -0.3 is 4.90 Å². The van der Waals surface area contributed by atoms with Crippen LogP contribution in [0.15, 0.2) is 23.1 Å². The van der Waals surface area contributed by atoms with Crippen molar-refractivity contribution in [3.63, 3.8) is 0 Å². The number of carbonyl (C=O) groups excluding carboxylic acids is 1. The van der Waals surface area contributed by atoms with E-state index in [0.717, 1.165) is 6.42 Å². The van der Waals surface area contributed by atoms with Crippen molar-refractivity contribution in [2.45, 2.75) is 37.6 Å². The van der Waals surface area contributed by atoms with Crippen molar-refractivity contribution < 1.29 is 13.2 Å². The van der Waals surface area contributed by atoms with E-state index in [9.17, 15) is 13.2 Å². The molecule has 0 fully saturated rings.